The van der Waals surface area contributed by atoms with E-state index in [2.05, 4.69) is 183 Å². The first-order chi connectivity index (χ1) is 28.2. The summed E-state index contributed by atoms with van der Waals surface area (Å²) in [6, 6.07) is 32.0. The molecule has 0 amide bonds. The molecule has 1 heterocycles. The van der Waals surface area contributed by atoms with Gasteiger partial charge < -0.3 is 4.74 Å². The molecule has 324 valence electrons. The van der Waals surface area contributed by atoms with Crippen molar-refractivity contribution in [3.8, 4) is 0 Å². The number of aliphatic imine (C=N–C) groups is 2. The Bertz CT molecular complexity index is 1960. The van der Waals surface area contributed by atoms with Gasteiger partial charge in [0.05, 0.1) is 17.1 Å². The van der Waals surface area contributed by atoms with Crippen LogP contribution in [-0.2, 0) is 11.2 Å². The predicted molar refractivity (Wildman–Crippen MR) is 262 cm³/mol. The van der Waals surface area contributed by atoms with Crippen molar-refractivity contribution in [1.29, 1.82) is 0 Å². The SMILES string of the molecule is CC(C)c1cccc(C(C)C)c1N=C([CH-]c1nnc(CC(=Nc2c(C(C)C)cccc2C(C)C)C(C)(C)C)c2ccccc12)C(C)(C)C.CCOCC.Cc1ccccc1.[K+]. The maximum Gasteiger partial charge on any atom is 1.00 e. The fourth-order valence-electron chi connectivity index (χ4n) is 6.87. The fourth-order valence-corrected chi connectivity index (χ4v) is 6.87. The van der Waals surface area contributed by atoms with Gasteiger partial charge in [0.25, 0.3) is 0 Å². The van der Waals surface area contributed by atoms with Crippen LogP contribution in [-0.4, -0.2) is 34.8 Å². The number of fused-ring (bicyclic) bond motifs is 1. The molecular weight excluding hydrogens is 772 g/mol. The van der Waals surface area contributed by atoms with E-state index in [1.165, 1.54) is 27.8 Å². The number of aryl methyl sites for hydroxylation is 1. The topological polar surface area (TPSA) is 59.7 Å². The molecule has 0 atom stereocenters. The summed E-state index contributed by atoms with van der Waals surface area (Å²) in [4.78, 5) is 10.9. The van der Waals surface area contributed by atoms with E-state index in [0.717, 1.165) is 58.2 Å². The summed E-state index contributed by atoms with van der Waals surface area (Å²) in [5.74, 6) is 1.49. The summed E-state index contributed by atoms with van der Waals surface area (Å²) >= 11 is 0. The van der Waals surface area contributed by atoms with Gasteiger partial charge in [0, 0.05) is 30.8 Å². The van der Waals surface area contributed by atoms with E-state index in [4.69, 9.17) is 24.9 Å². The third-order valence-electron chi connectivity index (χ3n) is 10.5. The Morgan fingerprint density at radius 2 is 0.984 bits per heavy atom. The smallest absolute Gasteiger partial charge is 0.382 e. The van der Waals surface area contributed by atoms with Crippen LogP contribution in [0.4, 0.5) is 11.4 Å². The van der Waals surface area contributed by atoms with Gasteiger partial charge in [-0.15, -0.1) is 11.5 Å². The monoisotopic (exact) mass is 849 g/mol. The molecule has 5 aromatic rings. The van der Waals surface area contributed by atoms with E-state index in [0.29, 0.717) is 30.1 Å². The van der Waals surface area contributed by atoms with Crippen LogP contribution < -0.4 is 51.4 Å². The number of nitrogens with zero attached hydrogens (tertiary/aromatic N) is 4. The van der Waals surface area contributed by atoms with Crippen molar-refractivity contribution in [3.63, 3.8) is 0 Å². The van der Waals surface area contributed by atoms with Crippen LogP contribution in [0.25, 0.3) is 10.8 Å². The number of aromatic nitrogens is 2. The zero-order chi connectivity index (χ0) is 44.8. The third-order valence-corrected chi connectivity index (χ3v) is 10.5. The summed E-state index contributed by atoms with van der Waals surface area (Å²) in [5, 5.41) is 12.0. The van der Waals surface area contributed by atoms with E-state index in [9.17, 15) is 0 Å². The second kappa shape index (κ2) is 25.4. The molecule has 0 saturated heterocycles. The van der Waals surface area contributed by atoms with Crippen molar-refractivity contribution in [3.05, 3.63) is 137 Å². The van der Waals surface area contributed by atoms with Crippen molar-refractivity contribution in [2.75, 3.05) is 13.2 Å². The summed E-state index contributed by atoms with van der Waals surface area (Å²) in [6.07, 6.45) is 2.79. The standard InChI is InChI=1S/C44H59N4.C7H8.C4H10O.K/c1-27(2)31-21-17-22-32(28(3)4)41(31)45-39(43(9,10)11)25-37-35-19-15-16-20-36(35)38(48-47-37)26-40(44(12,13)14)46-42-33(29(5)6)23-18-24-34(42)30(7)8;1-7-5-3-2-4-6-7;1-3-5-4-2;/h15-25,27-30H,26H2,1-14H3;2-6H,1H3;3-4H2,1-2H3;/q-1;;;+1. The second-order valence-electron chi connectivity index (χ2n) is 19.1. The third kappa shape index (κ3) is 16.3. The summed E-state index contributed by atoms with van der Waals surface area (Å²) < 4.78 is 4.83. The molecule has 5 nitrogen and oxygen atoms in total. The van der Waals surface area contributed by atoms with Gasteiger partial charge in [-0.3, -0.25) is 9.98 Å². The van der Waals surface area contributed by atoms with Gasteiger partial charge in [0.15, 0.2) is 0 Å². The average molecular weight is 849 g/mol. The molecule has 0 radical (unpaired) electrons. The number of hydrogen-bond donors (Lipinski definition) is 0. The van der Waals surface area contributed by atoms with Crippen LogP contribution in [0.3, 0.4) is 0 Å². The molecule has 0 fully saturated rings. The quantitative estimate of drug-likeness (QED) is 0.0714. The van der Waals surface area contributed by atoms with Crippen LogP contribution >= 0.6 is 0 Å². The summed E-state index contributed by atoms with van der Waals surface area (Å²) in [7, 11) is 0. The fraction of sp³-hybridized carbons (Fsp3) is 0.473. The largest absolute Gasteiger partial charge is 1.00 e. The molecule has 6 heteroatoms. The maximum atomic E-state index is 5.49. The predicted octanol–water partition coefficient (Wildman–Crippen LogP) is 12.9. The Hall–Kier alpha value is -2.97. The Labute approximate surface area is 414 Å². The van der Waals surface area contributed by atoms with Crippen LogP contribution in [0.1, 0.15) is 174 Å². The van der Waals surface area contributed by atoms with Gasteiger partial charge in [0.2, 0.25) is 0 Å². The van der Waals surface area contributed by atoms with Gasteiger partial charge in [-0.25, -0.2) is 0 Å². The normalized spacial score (nSPS) is 12.3. The van der Waals surface area contributed by atoms with Crippen LogP contribution in [0.5, 0.6) is 0 Å². The van der Waals surface area contributed by atoms with Gasteiger partial charge in [0.1, 0.15) is 0 Å². The summed E-state index contributed by atoms with van der Waals surface area (Å²) in [6.45, 7) is 39.2. The zero-order valence-corrected chi connectivity index (χ0v) is 44.5. The number of para-hydroxylation sites is 2. The van der Waals surface area contributed by atoms with Crippen molar-refractivity contribution in [2.45, 2.75) is 148 Å². The summed E-state index contributed by atoms with van der Waals surface area (Å²) in [5.41, 5.74) is 12.2. The van der Waals surface area contributed by atoms with Crippen LogP contribution in [0.2, 0.25) is 0 Å². The molecule has 61 heavy (non-hydrogen) atoms. The number of benzene rings is 4. The minimum atomic E-state index is -0.205. The number of hydrogen-bond acceptors (Lipinski definition) is 5. The van der Waals surface area contributed by atoms with Gasteiger partial charge >= 0.3 is 51.4 Å². The van der Waals surface area contributed by atoms with Crippen LogP contribution in [0, 0.1) is 24.2 Å². The minimum absolute atomic E-state index is 0. The molecular formula is C55H77KN4O. The first-order valence-corrected chi connectivity index (χ1v) is 22.3. The molecule has 0 spiro atoms. The van der Waals surface area contributed by atoms with Crippen molar-refractivity contribution in [2.24, 2.45) is 20.8 Å². The Balaban J connectivity index is 0.000000852. The Morgan fingerprint density at radius 3 is 1.34 bits per heavy atom. The molecule has 0 unspecified atom stereocenters. The maximum absolute atomic E-state index is 5.49. The van der Waals surface area contributed by atoms with Crippen LogP contribution in [0.15, 0.2) is 101 Å². The van der Waals surface area contributed by atoms with Gasteiger partial charge in [-0.2, -0.15) is 16.6 Å². The van der Waals surface area contributed by atoms with E-state index in [-0.39, 0.29) is 62.2 Å². The molecule has 1 aromatic heterocycles. The van der Waals surface area contributed by atoms with E-state index < -0.39 is 0 Å². The Morgan fingerprint density at radius 1 is 0.557 bits per heavy atom. The van der Waals surface area contributed by atoms with Crippen molar-refractivity contribution in [1.82, 2.24) is 10.2 Å². The number of ether oxygens (including phenoxy) is 1. The average Bonchev–Trinajstić information content (AvgIpc) is 3.18. The molecule has 5 rings (SSSR count). The zero-order valence-electron chi connectivity index (χ0n) is 41.4. The molecule has 0 aliphatic heterocycles. The van der Waals surface area contributed by atoms with E-state index in [1.807, 2.05) is 32.0 Å². The van der Waals surface area contributed by atoms with E-state index in [1.54, 1.807) is 0 Å². The Kier molecular flexibility index (Phi) is 22.5. The van der Waals surface area contributed by atoms with E-state index >= 15 is 0 Å². The van der Waals surface area contributed by atoms with Crippen molar-refractivity contribution >= 4 is 33.6 Å². The molecule has 4 aromatic carbocycles. The van der Waals surface area contributed by atoms with Gasteiger partial charge in [-0.05, 0) is 77.8 Å². The molecule has 0 N–H and O–H groups in total. The van der Waals surface area contributed by atoms with Crippen molar-refractivity contribution < 1.29 is 56.1 Å². The second-order valence-corrected chi connectivity index (χ2v) is 19.1. The molecule has 0 aliphatic rings. The number of rotatable bonds is 12. The molecule has 0 aliphatic carbocycles. The minimum Gasteiger partial charge on any atom is -0.382 e. The molecule has 0 bridgehead atoms. The molecule has 0 saturated carbocycles. The van der Waals surface area contributed by atoms with Gasteiger partial charge in [-0.1, -0.05) is 199 Å². The first kappa shape index (κ1) is 54.2. The first-order valence-electron chi connectivity index (χ1n) is 22.3.